The molecule has 0 saturated heterocycles. The normalized spacial score (nSPS) is 10.2. The lowest BCUT2D eigenvalue weighted by Crippen LogP contribution is -2.24. The van der Waals surface area contributed by atoms with Crippen LogP contribution in [0.3, 0.4) is 0 Å². The molecule has 1 amide bonds. The van der Waals surface area contributed by atoms with Crippen LogP contribution in [0.2, 0.25) is 0 Å². The van der Waals surface area contributed by atoms with E-state index in [1.165, 1.54) is 6.33 Å². The molecule has 3 aromatic rings. The fourth-order valence-corrected chi connectivity index (χ4v) is 2.67. The van der Waals surface area contributed by atoms with Gasteiger partial charge in [0.05, 0.1) is 19.9 Å². The van der Waals surface area contributed by atoms with Crippen LogP contribution in [0, 0.1) is 6.92 Å². The van der Waals surface area contributed by atoms with Gasteiger partial charge in [0.1, 0.15) is 29.3 Å². The maximum absolute atomic E-state index is 12.5. The minimum absolute atomic E-state index is 0.271. The molecule has 0 aliphatic carbocycles. The van der Waals surface area contributed by atoms with Crippen LogP contribution in [0.25, 0.3) is 0 Å². The Morgan fingerprint density at radius 1 is 1.04 bits per heavy atom. The number of anilines is 2. The molecule has 1 heterocycles. The molecular formula is C21H22N4O3. The maximum Gasteiger partial charge on any atom is 0.270 e. The van der Waals surface area contributed by atoms with E-state index in [2.05, 4.69) is 20.6 Å². The third-order valence-corrected chi connectivity index (χ3v) is 4.27. The molecular weight excluding hydrogens is 356 g/mol. The van der Waals surface area contributed by atoms with Gasteiger partial charge in [-0.05, 0) is 30.2 Å². The van der Waals surface area contributed by atoms with Crippen molar-refractivity contribution in [2.45, 2.75) is 13.5 Å². The Morgan fingerprint density at radius 3 is 2.61 bits per heavy atom. The number of benzene rings is 2. The first-order chi connectivity index (χ1) is 13.6. The smallest absolute Gasteiger partial charge is 0.270 e. The van der Waals surface area contributed by atoms with E-state index in [0.717, 1.165) is 11.1 Å². The van der Waals surface area contributed by atoms with Crippen LogP contribution < -0.4 is 20.1 Å². The summed E-state index contributed by atoms with van der Waals surface area (Å²) in [7, 11) is 3.17. The van der Waals surface area contributed by atoms with E-state index in [4.69, 9.17) is 9.47 Å². The standard InChI is InChI=1S/C21H22N4O3/c1-14-6-4-5-7-15(14)12-22-21(26)18-11-20(24-13-23-18)25-17-10-16(27-2)8-9-19(17)28-3/h4-11,13H,12H2,1-3H3,(H,22,26)(H,23,24,25). The van der Waals surface area contributed by atoms with E-state index in [9.17, 15) is 4.79 Å². The lowest BCUT2D eigenvalue weighted by molar-refractivity contribution is 0.0945. The topological polar surface area (TPSA) is 85.4 Å². The van der Waals surface area contributed by atoms with E-state index in [1.807, 2.05) is 31.2 Å². The third kappa shape index (κ3) is 4.56. The molecule has 0 spiro atoms. The zero-order chi connectivity index (χ0) is 19.9. The molecule has 7 heteroatoms. The fraction of sp³-hybridized carbons (Fsp3) is 0.190. The number of nitrogens with zero attached hydrogens (tertiary/aromatic N) is 2. The summed E-state index contributed by atoms with van der Waals surface area (Å²) < 4.78 is 10.6. The van der Waals surface area contributed by atoms with Gasteiger partial charge in [0.2, 0.25) is 0 Å². The summed E-state index contributed by atoms with van der Waals surface area (Å²) in [5.41, 5.74) is 3.13. The van der Waals surface area contributed by atoms with Gasteiger partial charge in [-0.1, -0.05) is 24.3 Å². The Kier molecular flexibility index (Phi) is 6.06. The number of carbonyl (C=O) groups is 1. The van der Waals surface area contributed by atoms with Crippen LogP contribution in [0.4, 0.5) is 11.5 Å². The van der Waals surface area contributed by atoms with Crippen molar-refractivity contribution in [3.8, 4) is 11.5 Å². The predicted molar refractivity (Wildman–Crippen MR) is 107 cm³/mol. The highest BCUT2D eigenvalue weighted by atomic mass is 16.5. The molecule has 0 fully saturated rings. The second-order valence-electron chi connectivity index (χ2n) is 6.09. The number of aryl methyl sites for hydroxylation is 1. The number of rotatable bonds is 7. The maximum atomic E-state index is 12.5. The molecule has 0 unspecified atom stereocenters. The quantitative estimate of drug-likeness (QED) is 0.655. The van der Waals surface area contributed by atoms with Crippen LogP contribution in [0.5, 0.6) is 11.5 Å². The molecule has 144 valence electrons. The number of methoxy groups -OCH3 is 2. The summed E-state index contributed by atoms with van der Waals surface area (Å²) in [5.74, 6) is 1.51. The number of ether oxygens (including phenoxy) is 2. The van der Waals surface area contributed by atoms with Crippen molar-refractivity contribution >= 4 is 17.4 Å². The number of hydrogen-bond donors (Lipinski definition) is 2. The average Bonchev–Trinajstić information content (AvgIpc) is 2.73. The second-order valence-corrected chi connectivity index (χ2v) is 6.09. The first-order valence-corrected chi connectivity index (χ1v) is 8.74. The molecule has 0 aliphatic rings. The van der Waals surface area contributed by atoms with Crippen molar-refractivity contribution in [2.24, 2.45) is 0 Å². The summed E-state index contributed by atoms with van der Waals surface area (Å²) in [5, 5.41) is 6.03. The van der Waals surface area contributed by atoms with E-state index < -0.39 is 0 Å². The number of nitrogens with one attached hydrogen (secondary N) is 2. The van der Waals surface area contributed by atoms with Crippen LogP contribution in [0.15, 0.2) is 54.9 Å². The van der Waals surface area contributed by atoms with Crippen molar-refractivity contribution in [1.29, 1.82) is 0 Å². The molecule has 7 nitrogen and oxygen atoms in total. The van der Waals surface area contributed by atoms with E-state index in [1.54, 1.807) is 38.5 Å². The lowest BCUT2D eigenvalue weighted by atomic mass is 10.1. The molecule has 3 rings (SSSR count). The number of amides is 1. The SMILES string of the molecule is COc1ccc(OC)c(Nc2cc(C(=O)NCc3ccccc3C)ncn2)c1. The third-order valence-electron chi connectivity index (χ3n) is 4.27. The zero-order valence-corrected chi connectivity index (χ0v) is 16.0. The van der Waals surface area contributed by atoms with Crippen molar-refractivity contribution in [3.05, 3.63) is 71.7 Å². The van der Waals surface area contributed by atoms with Crippen LogP contribution >= 0.6 is 0 Å². The largest absolute Gasteiger partial charge is 0.497 e. The van der Waals surface area contributed by atoms with Crippen molar-refractivity contribution in [1.82, 2.24) is 15.3 Å². The highest BCUT2D eigenvalue weighted by Gasteiger charge is 2.11. The molecule has 1 aromatic heterocycles. The Balaban J connectivity index is 1.73. The lowest BCUT2D eigenvalue weighted by Gasteiger charge is -2.12. The van der Waals surface area contributed by atoms with Gasteiger partial charge in [-0.2, -0.15) is 0 Å². The van der Waals surface area contributed by atoms with E-state index in [0.29, 0.717) is 29.5 Å². The minimum Gasteiger partial charge on any atom is -0.497 e. The Bertz CT molecular complexity index is 975. The van der Waals surface area contributed by atoms with Crippen molar-refractivity contribution in [2.75, 3.05) is 19.5 Å². The predicted octanol–water partition coefficient (Wildman–Crippen LogP) is 3.48. The number of carbonyl (C=O) groups excluding carboxylic acids is 1. The Morgan fingerprint density at radius 2 is 1.86 bits per heavy atom. The Labute approximate surface area is 163 Å². The molecule has 0 atom stereocenters. The second kappa shape index (κ2) is 8.85. The Hall–Kier alpha value is -3.61. The number of hydrogen-bond acceptors (Lipinski definition) is 6. The van der Waals surface area contributed by atoms with Gasteiger partial charge in [0, 0.05) is 18.7 Å². The van der Waals surface area contributed by atoms with Gasteiger partial charge in [0.15, 0.2) is 0 Å². The van der Waals surface area contributed by atoms with Crippen LogP contribution in [0.1, 0.15) is 21.6 Å². The summed E-state index contributed by atoms with van der Waals surface area (Å²) in [4.78, 5) is 20.7. The van der Waals surface area contributed by atoms with Crippen molar-refractivity contribution in [3.63, 3.8) is 0 Å². The van der Waals surface area contributed by atoms with Gasteiger partial charge in [0.25, 0.3) is 5.91 Å². The molecule has 0 saturated carbocycles. The van der Waals surface area contributed by atoms with Gasteiger partial charge < -0.3 is 20.1 Å². The monoisotopic (exact) mass is 378 g/mol. The molecule has 0 radical (unpaired) electrons. The number of aromatic nitrogens is 2. The van der Waals surface area contributed by atoms with Crippen LogP contribution in [-0.4, -0.2) is 30.1 Å². The van der Waals surface area contributed by atoms with Gasteiger partial charge in [-0.15, -0.1) is 0 Å². The zero-order valence-electron chi connectivity index (χ0n) is 16.0. The highest BCUT2D eigenvalue weighted by Crippen LogP contribution is 2.30. The van der Waals surface area contributed by atoms with E-state index >= 15 is 0 Å². The summed E-state index contributed by atoms with van der Waals surface area (Å²) in [6.07, 6.45) is 1.34. The molecule has 2 aromatic carbocycles. The summed E-state index contributed by atoms with van der Waals surface area (Å²) >= 11 is 0. The van der Waals surface area contributed by atoms with Crippen molar-refractivity contribution < 1.29 is 14.3 Å². The van der Waals surface area contributed by atoms with Gasteiger partial charge in [-0.25, -0.2) is 9.97 Å². The van der Waals surface area contributed by atoms with E-state index in [-0.39, 0.29) is 11.6 Å². The first-order valence-electron chi connectivity index (χ1n) is 8.74. The first kappa shape index (κ1) is 19.2. The summed E-state index contributed by atoms with van der Waals surface area (Å²) in [6.45, 7) is 2.44. The summed E-state index contributed by atoms with van der Waals surface area (Å²) in [6, 6.07) is 14.9. The molecule has 0 bridgehead atoms. The van der Waals surface area contributed by atoms with Gasteiger partial charge in [-0.3, -0.25) is 4.79 Å². The van der Waals surface area contributed by atoms with Gasteiger partial charge >= 0.3 is 0 Å². The minimum atomic E-state index is -0.272. The fourth-order valence-electron chi connectivity index (χ4n) is 2.67. The highest BCUT2D eigenvalue weighted by molar-refractivity contribution is 5.93. The van der Waals surface area contributed by atoms with Crippen LogP contribution in [-0.2, 0) is 6.54 Å². The average molecular weight is 378 g/mol. The molecule has 28 heavy (non-hydrogen) atoms. The molecule has 0 aliphatic heterocycles. The molecule has 2 N–H and O–H groups in total.